The molecule has 0 fully saturated rings. The second-order valence-corrected chi connectivity index (χ2v) is 6.23. The number of amides is 1. The summed E-state index contributed by atoms with van der Waals surface area (Å²) in [5.41, 5.74) is 1.52. The van der Waals surface area contributed by atoms with Crippen molar-refractivity contribution in [3.63, 3.8) is 0 Å². The molecule has 3 aromatic rings. The lowest BCUT2D eigenvalue weighted by Gasteiger charge is -2.06. The number of halogens is 1. The molecule has 1 N–H and O–H groups in total. The Morgan fingerprint density at radius 1 is 1.18 bits per heavy atom. The Bertz CT molecular complexity index is 885. The summed E-state index contributed by atoms with van der Waals surface area (Å²) in [5.74, 6) is -0.149. The Morgan fingerprint density at radius 3 is 2.82 bits per heavy atom. The van der Waals surface area contributed by atoms with E-state index in [0.717, 1.165) is 10.2 Å². The number of rotatable bonds is 4. The second kappa shape index (κ2) is 6.34. The van der Waals surface area contributed by atoms with Crippen molar-refractivity contribution in [2.24, 2.45) is 0 Å². The highest BCUT2D eigenvalue weighted by Gasteiger charge is 2.09. The molecule has 0 aliphatic rings. The Balaban J connectivity index is 1.70. The Kier molecular flexibility index (Phi) is 4.27. The first kappa shape index (κ1) is 14.8. The average Bonchev–Trinajstić information content (AvgIpc) is 2.80. The molecule has 0 saturated heterocycles. The number of nitrogens with one attached hydrogen (secondary N) is 1. The third kappa shape index (κ3) is 3.21. The molecular weight excluding hydrogens is 320 g/mol. The largest absolute Gasteiger partial charge is 0.326 e. The monoisotopic (exact) mass is 332 g/mol. The predicted molar refractivity (Wildman–Crippen MR) is 90.8 cm³/mol. The number of fused-ring (bicyclic) bond motifs is 1. The van der Waals surface area contributed by atoms with Crippen molar-refractivity contribution in [1.82, 2.24) is 4.57 Å². The van der Waals surface area contributed by atoms with Crippen LogP contribution in [-0.2, 0) is 11.3 Å². The minimum absolute atomic E-state index is 0.0447. The van der Waals surface area contributed by atoms with Crippen LogP contribution in [0.2, 0.25) is 5.02 Å². The lowest BCUT2D eigenvalue weighted by molar-refractivity contribution is -0.116. The first-order chi connectivity index (χ1) is 10.6. The molecule has 0 spiro atoms. The van der Waals surface area contributed by atoms with Crippen molar-refractivity contribution >= 4 is 44.7 Å². The number of carbonyl (C=O) groups excluding carboxylic acids is 1. The number of hydrogen-bond donors (Lipinski definition) is 1. The fraction of sp³-hybridized carbons (Fsp3) is 0.125. The summed E-state index contributed by atoms with van der Waals surface area (Å²) >= 11 is 7.07. The van der Waals surface area contributed by atoms with E-state index in [2.05, 4.69) is 5.32 Å². The van der Waals surface area contributed by atoms with Crippen LogP contribution in [-0.4, -0.2) is 10.5 Å². The number of hydrogen-bond acceptors (Lipinski definition) is 3. The summed E-state index contributed by atoms with van der Waals surface area (Å²) in [6, 6.07) is 14.6. The van der Waals surface area contributed by atoms with E-state index in [1.165, 1.54) is 11.3 Å². The summed E-state index contributed by atoms with van der Waals surface area (Å²) < 4.78 is 2.57. The van der Waals surface area contributed by atoms with Gasteiger partial charge in [0.05, 0.1) is 10.2 Å². The fourth-order valence-electron chi connectivity index (χ4n) is 2.23. The number of anilines is 1. The molecule has 6 heteroatoms. The van der Waals surface area contributed by atoms with E-state index in [9.17, 15) is 9.59 Å². The van der Waals surface area contributed by atoms with E-state index < -0.39 is 0 Å². The number of para-hydroxylation sites is 1. The quantitative estimate of drug-likeness (QED) is 0.791. The van der Waals surface area contributed by atoms with Crippen molar-refractivity contribution in [3.05, 3.63) is 63.2 Å². The lowest BCUT2D eigenvalue weighted by atomic mass is 10.3. The van der Waals surface area contributed by atoms with Crippen LogP contribution in [0.5, 0.6) is 0 Å². The van der Waals surface area contributed by atoms with Crippen LogP contribution < -0.4 is 10.2 Å². The molecule has 0 unspecified atom stereocenters. The number of carbonyl (C=O) groups is 1. The Morgan fingerprint density at radius 2 is 2.00 bits per heavy atom. The molecule has 0 saturated carbocycles. The molecule has 3 rings (SSSR count). The summed E-state index contributed by atoms with van der Waals surface area (Å²) in [6.07, 6.45) is 0.229. The topological polar surface area (TPSA) is 51.1 Å². The van der Waals surface area contributed by atoms with Crippen LogP contribution in [0.1, 0.15) is 6.42 Å². The Hall–Kier alpha value is -2.11. The standard InChI is InChI=1S/C16H13ClN2O2S/c17-11-4-3-5-12(10-11)18-15(20)8-9-19-13-6-1-2-7-14(13)22-16(19)21/h1-7,10H,8-9H2,(H,18,20). The van der Waals surface area contributed by atoms with Gasteiger partial charge in [0.1, 0.15) is 0 Å². The van der Waals surface area contributed by atoms with Crippen molar-refractivity contribution < 1.29 is 4.79 Å². The summed E-state index contributed by atoms with van der Waals surface area (Å²) in [4.78, 5) is 23.9. The molecule has 0 aliphatic heterocycles. The molecule has 1 amide bonds. The molecule has 1 heterocycles. The highest BCUT2D eigenvalue weighted by atomic mass is 35.5. The molecule has 1 aromatic heterocycles. The van der Waals surface area contributed by atoms with Gasteiger partial charge in [-0.3, -0.25) is 14.2 Å². The van der Waals surface area contributed by atoms with Crippen molar-refractivity contribution in [3.8, 4) is 0 Å². The van der Waals surface area contributed by atoms with Crippen molar-refractivity contribution in [2.45, 2.75) is 13.0 Å². The molecule has 4 nitrogen and oxygen atoms in total. The van der Waals surface area contributed by atoms with Crippen LogP contribution in [0.3, 0.4) is 0 Å². The van der Waals surface area contributed by atoms with Gasteiger partial charge in [0.2, 0.25) is 5.91 Å². The average molecular weight is 333 g/mol. The number of nitrogens with zero attached hydrogens (tertiary/aromatic N) is 1. The van der Waals surface area contributed by atoms with E-state index in [0.29, 0.717) is 17.3 Å². The SMILES string of the molecule is O=C(CCn1c(=O)sc2ccccc21)Nc1cccc(Cl)c1. The van der Waals surface area contributed by atoms with E-state index in [-0.39, 0.29) is 17.2 Å². The normalized spacial score (nSPS) is 10.8. The smallest absolute Gasteiger partial charge is 0.308 e. The van der Waals surface area contributed by atoms with Gasteiger partial charge in [0.15, 0.2) is 0 Å². The number of aryl methyl sites for hydroxylation is 1. The molecule has 0 aliphatic carbocycles. The fourth-order valence-corrected chi connectivity index (χ4v) is 3.34. The lowest BCUT2D eigenvalue weighted by Crippen LogP contribution is -2.19. The Labute approximate surface area is 136 Å². The first-order valence-electron chi connectivity index (χ1n) is 6.77. The minimum atomic E-state index is -0.149. The second-order valence-electron chi connectivity index (χ2n) is 4.80. The maximum absolute atomic E-state index is 12.0. The van der Waals surface area contributed by atoms with E-state index in [1.54, 1.807) is 28.8 Å². The van der Waals surface area contributed by atoms with Gasteiger partial charge in [0.25, 0.3) is 0 Å². The number of aromatic nitrogens is 1. The van der Waals surface area contributed by atoms with Gasteiger partial charge in [-0.2, -0.15) is 0 Å². The molecule has 2 aromatic carbocycles. The van der Waals surface area contributed by atoms with Crippen LogP contribution in [0, 0.1) is 0 Å². The molecule has 0 atom stereocenters. The maximum Gasteiger partial charge on any atom is 0.308 e. The maximum atomic E-state index is 12.0. The van der Waals surface area contributed by atoms with Gasteiger partial charge in [-0.25, -0.2) is 0 Å². The molecule has 22 heavy (non-hydrogen) atoms. The van der Waals surface area contributed by atoms with Gasteiger partial charge in [-0.15, -0.1) is 0 Å². The number of benzene rings is 2. The number of thiazole rings is 1. The molecule has 0 bridgehead atoms. The van der Waals surface area contributed by atoms with Gasteiger partial charge < -0.3 is 5.32 Å². The summed E-state index contributed by atoms with van der Waals surface area (Å²) in [7, 11) is 0. The van der Waals surface area contributed by atoms with E-state index >= 15 is 0 Å². The van der Waals surface area contributed by atoms with E-state index in [1.807, 2.05) is 24.3 Å². The summed E-state index contributed by atoms with van der Waals surface area (Å²) in [6.45, 7) is 0.356. The minimum Gasteiger partial charge on any atom is -0.326 e. The third-order valence-corrected chi connectivity index (χ3v) is 4.44. The predicted octanol–water partition coefficient (Wildman–Crippen LogP) is 3.75. The first-order valence-corrected chi connectivity index (χ1v) is 7.97. The molecule has 112 valence electrons. The van der Waals surface area contributed by atoms with Crippen LogP contribution in [0.4, 0.5) is 5.69 Å². The molecular formula is C16H13ClN2O2S. The zero-order valence-corrected chi connectivity index (χ0v) is 13.2. The van der Waals surface area contributed by atoms with E-state index in [4.69, 9.17) is 11.6 Å². The van der Waals surface area contributed by atoms with Crippen LogP contribution in [0.25, 0.3) is 10.2 Å². The molecule has 0 radical (unpaired) electrons. The zero-order valence-electron chi connectivity index (χ0n) is 11.6. The van der Waals surface area contributed by atoms with Crippen molar-refractivity contribution in [1.29, 1.82) is 0 Å². The zero-order chi connectivity index (χ0) is 15.5. The summed E-state index contributed by atoms with van der Waals surface area (Å²) in [5, 5.41) is 3.34. The van der Waals surface area contributed by atoms with Gasteiger partial charge in [-0.05, 0) is 30.3 Å². The van der Waals surface area contributed by atoms with Gasteiger partial charge in [-0.1, -0.05) is 41.1 Å². The van der Waals surface area contributed by atoms with Crippen molar-refractivity contribution in [2.75, 3.05) is 5.32 Å². The van der Waals surface area contributed by atoms with Crippen LogP contribution in [0.15, 0.2) is 53.3 Å². The third-order valence-electron chi connectivity index (χ3n) is 3.24. The highest BCUT2D eigenvalue weighted by molar-refractivity contribution is 7.16. The van der Waals surface area contributed by atoms with Crippen LogP contribution >= 0.6 is 22.9 Å². The van der Waals surface area contributed by atoms with Gasteiger partial charge in [0, 0.05) is 23.7 Å². The highest BCUT2D eigenvalue weighted by Crippen LogP contribution is 2.17. The van der Waals surface area contributed by atoms with Gasteiger partial charge >= 0.3 is 4.87 Å².